The van der Waals surface area contributed by atoms with Crippen molar-refractivity contribution in [3.05, 3.63) is 15.6 Å². The van der Waals surface area contributed by atoms with E-state index in [1.165, 1.54) is 0 Å². The number of thiazole rings is 1. The van der Waals surface area contributed by atoms with Crippen LogP contribution in [-0.2, 0) is 4.74 Å². The van der Waals surface area contributed by atoms with Crippen LogP contribution in [0.3, 0.4) is 0 Å². The van der Waals surface area contributed by atoms with E-state index >= 15 is 0 Å². The zero-order valence-corrected chi connectivity index (χ0v) is 8.86. The lowest BCUT2D eigenvalue weighted by Gasteiger charge is -2.21. The van der Waals surface area contributed by atoms with Gasteiger partial charge in [0.15, 0.2) is 0 Å². The Kier molecular flexibility index (Phi) is 2.82. The summed E-state index contributed by atoms with van der Waals surface area (Å²) < 4.78 is 5.59. The Labute approximate surface area is 87.5 Å². The van der Waals surface area contributed by atoms with Crippen LogP contribution in [0.1, 0.15) is 21.7 Å². The number of morpholine rings is 1. The van der Waals surface area contributed by atoms with Crippen LogP contribution in [0.2, 0.25) is 0 Å². The molecular formula is C10H12N2OS. The normalized spacial score (nSPS) is 21.9. The third kappa shape index (κ3) is 1.80. The molecule has 1 N–H and O–H groups in total. The van der Waals surface area contributed by atoms with E-state index in [4.69, 9.17) is 11.2 Å². The standard InChI is InChI=1S/C10H12N2OS/c1-3-8-7(2)14-10(12-8)9-6-11-4-5-13-9/h1,9,11H,4-6H2,2H3. The molecule has 1 aromatic heterocycles. The Balaban J connectivity index is 2.19. The average Bonchev–Trinajstić information content (AvgIpc) is 2.61. The monoisotopic (exact) mass is 208 g/mol. The summed E-state index contributed by atoms with van der Waals surface area (Å²) in [6, 6.07) is 0. The molecule has 0 spiro atoms. The first-order chi connectivity index (χ1) is 6.81. The number of rotatable bonds is 1. The Morgan fingerprint density at radius 2 is 2.57 bits per heavy atom. The lowest BCUT2D eigenvalue weighted by molar-refractivity contribution is 0.0275. The minimum atomic E-state index is 0.0783. The van der Waals surface area contributed by atoms with Gasteiger partial charge in [0.05, 0.1) is 6.61 Å². The highest BCUT2D eigenvalue weighted by molar-refractivity contribution is 7.11. The molecule has 0 radical (unpaired) electrons. The number of hydrogen-bond donors (Lipinski definition) is 1. The van der Waals surface area contributed by atoms with E-state index in [2.05, 4.69) is 16.2 Å². The number of nitrogens with one attached hydrogen (secondary N) is 1. The van der Waals surface area contributed by atoms with Gasteiger partial charge in [0.1, 0.15) is 16.8 Å². The molecule has 74 valence electrons. The lowest BCUT2D eigenvalue weighted by Crippen LogP contribution is -2.33. The molecule has 1 atom stereocenters. The zero-order chi connectivity index (χ0) is 9.97. The van der Waals surface area contributed by atoms with Crippen molar-refractivity contribution in [3.8, 4) is 12.3 Å². The van der Waals surface area contributed by atoms with Crippen molar-refractivity contribution in [3.63, 3.8) is 0 Å². The van der Waals surface area contributed by atoms with Gasteiger partial charge in [-0.05, 0) is 12.8 Å². The van der Waals surface area contributed by atoms with Gasteiger partial charge in [-0.2, -0.15) is 0 Å². The molecule has 1 saturated heterocycles. The molecular weight excluding hydrogens is 196 g/mol. The van der Waals surface area contributed by atoms with Crippen molar-refractivity contribution in [2.75, 3.05) is 19.7 Å². The van der Waals surface area contributed by atoms with Crippen molar-refractivity contribution >= 4 is 11.3 Å². The molecule has 4 heteroatoms. The second-order valence-electron chi connectivity index (χ2n) is 3.16. The van der Waals surface area contributed by atoms with Crippen molar-refractivity contribution < 1.29 is 4.74 Å². The van der Waals surface area contributed by atoms with Gasteiger partial charge >= 0.3 is 0 Å². The third-order valence-electron chi connectivity index (χ3n) is 2.15. The van der Waals surface area contributed by atoms with E-state index in [9.17, 15) is 0 Å². The molecule has 0 aromatic carbocycles. The number of nitrogens with zero attached hydrogens (tertiary/aromatic N) is 1. The number of hydrogen-bond acceptors (Lipinski definition) is 4. The first kappa shape index (κ1) is 9.66. The third-order valence-corrected chi connectivity index (χ3v) is 3.22. The van der Waals surface area contributed by atoms with E-state index in [0.717, 1.165) is 35.3 Å². The minimum absolute atomic E-state index is 0.0783. The molecule has 1 unspecified atom stereocenters. The van der Waals surface area contributed by atoms with Crippen molar-refractivity contribution in [1.29, 1.82) is 0 Å². The molecule has 0 amide bonds. The summed E-state index contributed by atoms with van der Waals surface area (Å²) in [5.41, 5.74) is 0.749. The van der Waals surface area contributed by atoms with E-state index in [1.807, 2.05) is 6.92 Å². The van der Waals surface area contributed by atoms with Crippen molar-refractivity contribution in [1.82, 2.24) is 10.3 Å². The van der Waals surface area contributed by atoms with E-state index < -0.39 is 0 Å². The maximum absolute atomic E-state index is 5.59. The highest BCUT2D eigenvalue weighted by atomic mass is 32.1. The summed E-state index contributed by atoms with van der Waals surface area (Å²) in [5.74, 6) is 2.58. The van der Waals surface area contributed by atoms with E-state index in [-0.39, 0.29) is 6.10 Å². The summed E-state index contributed by atoms with van der Waals surface area (Å²) in [6.45, 7) is 4.49. The Hall–Kier alpha value is -0.890. The fourth-order valence-corrected chi connectivity index (χ4v) is 2.35. The van der Waals surface area contributed by atoms with Crippen LogP contribution < -0.4 is 5.32 Å². The summed E-state index contributed by atoms with van der Waals surface area (Å²) in [4.78, 5) is 5.46. The molecule has 3 nitrogen and oxygen atoms in total. The topological polar surface area (TPSA) is 34.2 Å². The number of terminal acetylenes is 1. The zero-order valence-electron chi connectivity index (χ0n) is 8.04. The SMILES string of the molecule is C#Cc1nc(C2CNCCO2)sc1C. The van der Waals surface area contributed by atoms with Crippen LogP contribution in [0.25, 0.3) is 0 Å². The van der Waals surface area contributed by atoms with Gasteiger partial charge in [-0.1, -0.05) is 0 Å². The van der Waals surface area contributed by atoms with E-state index in [0.29, 0.717) is 0 Å². The summed E-state index contributed by atoms with van der Waals surface area (Å²) >= 11 is 1.63. The van der Waals surface area contributed by atoms with Crippen molar-refractivity contribution in [2.24, 2.45) is 0 Å². The lowest BCUT2D eigenvalue weighted by atomic mass is 10.3. The highest BCUT2D eigenvalue weighted by Gasteiger charge is 2.20. The predicted molar refractivity (Wildman–Crippen MR) is 56.3 cm³/mol. The maximum atomic E-state index is 5.59. The minimum Gasteiger partial charge on any atom is -0.368 e. The largest absolute Gasteiger partial charge is 0.368 e. The van der Waals surface area contributed by atoms with Gasteiger partial charge in [0.2, 0.25) is 0 Å². The van der Waals surface area contributed by atoms with Crippen LogP contribution in [0.5, 0.6) is 0 Å². The molecule has 0 aliphatic carbocycles. The molecule has 1 aliphatic rings. The number of aryl methyl sites for hydroxylation is 1. The first-order valence-corrected chi connectivity index (χ1v) is 5.39. The predicted octanol–water partition coefficient (Wildman–Crippen LogP) is 1.09. The van der Waals surface area contributed by atoms with Gasteiger partial charge in [-0.15, -0.1) is 17.8 Å². The quantitative estimate of drug-likeness (QED) is 0.702. The average molecular weight is 208 g/mol. The van der Waals surface area contributed by atoms with Crippen LogP contribution in [0, 0.1) is 19.3 Å². The summed E-state index contributed by atoms with van der Waals surface area (Å²) in [6.07, 6.45) is 5.41. The van der Waals surface area contributed by atoms with Gasteiger partial charge in [0.25, 0.3) is 0 Å². The number of ether oxygens (including phenoxy) is 1. The van der Waals surface area contributed by atoms with Crippen LogP contribution in [-0.4, -0.2) is 24.7 Å². The fraction of sp³-hybridized carbons (Fsp3) is 0.500. The summed E-state index contributed by atoms with van der Waals surface area (Å²) in [5, 5.41) is 4.26. The molecule has 0 saturated carbocycles. The molecule has 2 rings (SSSR count). The highest BCUT2D eigenvalue weighted by Crippen LogP contribution is 2.25. The molecule has 0 bridgehead atoms. The maximum Gasteiger partial charge on any atom is 0.127 e. The van der Waals surface area contributed by atoms with Gasteiger partial charge < -0.3 is 10.1 Å². The van der Waals surface area contributed by atoms with Gasteiger partial charge in [-0.3, -0.25) is 0 Å². The first-order valence-electron chi connectivity index (χ1n) is 4.57. The van der Waals surface area contributed by atoms with Crippen LogP contribution in [0.4, 0.5) is 0 Å². The second-order valence-corrected chi connectivity index (χ2v) is 4.40. The number of aromatic nitrogens is 1. The molecule has 1 fully saturated rings. The Morgan fingerprint density at radius 1 is 1.71 bits per heavy atom. The van der Waals surface area contributed by atoms with Crippen molar-refractivity contribution in [2.45, 2.75) is 13.0 Å². The van der Waals surface area contributed by atoms with E-state index in [1.54, 1.807) is 11.3 Å². The molecule has 14 heavy (non-hydrogen) atoms. The molecule has 1 aliphatic heterocycles. The fourth-order valence-electron chi connectivity index (χ4n) is 1.41. The van der Waals surface area contributed by atoms with Gasteiger partial charge in [0, 0.05) is 18.0 Å². The Morgan fingerprint density at radius 3 is 3.14 bits per heavy atom. The van der Waals surface area contributed by atoms with Crippen LogP contribution >= 0.6 is 11.3 Å². The second kappa shape index (κ2) is 4.09. The van der Waals surface area contributed by atoms with Gasteiger partial charge in [-0.25, -0.2) is 4.98 Å². The smallest absolute Gasteiger partial charge is 0.127 e. The summed E-state index contributed by atoms with van der Waals surface area (Å²) in [7, 11) is 0. The molecule has 1 aromatic rings. The molecule has 2 heterocycles. The Bertz CT molecular complexity index is 361. The van der Waals surface area contributed by atoms with Crippen LogP contribution in [0.15, 0.2) is 0 Å².